The van der Waals surface area contributed by atoms with Crippen LogP contribution in [0.25, 0.3) is 0 Å². The Morgan fingerprint density at radius 3 is 2.54 bits per heavy atom. The molecule has 0 unspecified atom stereocenters. The normalized spacial score (nSPS) is 10.2. The van der Waals surface area contributed by atoms with Crippen molar-refractivity contribution in [1.29, 1.82) is 0 Å². The second-order valence-electron chi connectivity index (χ2n) is 2.64. The number of halogens is 3. The lowest BCUT2D eigenvalue weighted by molar-refractivity contribution is 0.101. The molecule has 0 fully saturated rings. The van der Waals surface area contributed by atoms with Gasteiger partial charge in [-0.15, -0.1) is 0 Å². The predicted octanol–water partition coefficient (Wildman–Crippen LogP) is 2.85. The van der Waals surface area contributed by atoms with Crippen molar-refractivity contribution in [3.05, 3.63) is 34.9 Å². The van der Waals surface area contributed by atoms with Gasteiger partial charge in [-0.1, -0.05) is 15.9 Å². The third-order valence-electron chi connectivity index (χ3n) is 1.67. The molecule has 0 aromatic heterocycles. The summed E-state index contributed by atoms with van der Waals surface area (Å²) in [6.45, 7) is 1.45. The van der Waals surface area contributed by atoms with Gasteiger partial charge in [0, 0.05) is 0 Å². The van der Waals surface area contributed by atoms with Crippen LogP contribution in [0.1, 0.15) is 15.9 Å². The third kappa shape index (κ3) is 2.12. The van der Waals surface area contributed by atoms with Crippen LogP contribution in [0, 0.1) is 18.6 Å². The fourth-order valence-electron chi connectivity index (χ4n) is 0.932. The van der Waals surface area contributed by atoms with Crippen LogP contribution in [0.3, 0.4) is 0 Å². The highest BCUT2D eigenvalue weighted by atomic mass is 79.9. The molecule has 1 nitrogen and oxygen atoms in total. The minimum absolute atomic E-state index is 0.00752. The minimum atomic E-state index is -0.677. The molecular weight excluding hydrogens is 242 g/mol. The molecule has 0 bridgehead atoms. The van der Waals surface area contributed by atoms with Crippen LogP contribution in [-0.4, -0.2) is 11.1 Å². The summed E-state index contributed by atoms with van der Waals surface area (Å²) in [5, 5.41) is -0.00752. The summed E-state index contributed by atoms with van der Waals surface area (Å²) in [5.74, 6) is -1.70. The highest BCUT2D eigenvalue weighted by Crippen LogP contribution is 2.15. The van der Waals surface area contributed by atoms with E-state index in [4.69, 9.17) is 0 Å². The number of rotatable bonds is 2. The molecule has 0 saturated heterocycles. The van der Waals surface area contributed by atoms with Crippen LogP contribution < -0.4 is 0 Å². The van der Waals surface area contributed by atoms with Crippen LogP contribution in [0.5, 0.6) is 0 Å². The van der Waals surface area contributed by atoms with Crippen molar-refractivity contribution in [1.82, 2.24) is 0 Å². The number of Topliss-reactive ketones (excluding diaryl/α,β-unsaturated/α-hetero) is 1. The summed E-state index contributed by atoms with van der Waals surface area (Å²) in [6, 6.07) is 1.94. The fourth-order valence-corrected chi connectivity index (χ4v) is 1.23. The lowest BCUT2D eigenvalue weighted by Gasteiger charge is -2.02. The molecule has 1 aromatic rings. The Labute approximate surface area is 82.9 Å². The van der Waals surface area contributed by atoms with Crippen molar-refractivity contribution in [3.8, 4) is 0 Å². The second-order valence-corrected chi connectivity index (χ2v) is 3.20. The number of carbonyl (C=O) groups is 1. The first-order chi connectivity index (χ1) is 6.06. The first kappa shape index (κ1) is 10.3. The fraction of sp³-hybridized carbons (Fsp3) is 0.222. The van der Waals surface area contributed by atoms with E-state index < -0.39 is 17.4 Å². The van der Waals surface area contributed by atoms with E-state index in [0.717, 1.165) is 12.1 Å². The van der Waals surface area contributed by atoms with Gasteiger partial charge in [0.1, 0.15) is 11.6 Å². The number of ketones is 1. The largest absolute Gasteiger partial charge is 0.293 e. The quantitative estimate of drug-likeness (QED) is 0.581. The number of aryl methyl sites for hydroxylation is 1. The van der Waals surface area contributed by atoms with E-state index in [2.05, 4.69) is 15.9 Å². The van der Waals surface area contributed by atoms with Crippen LogP contribution in [0.2, 0.25) is 0 Å². The molecule has 0 radical (unpaired) electrons. The Balaban J connectivity index is 3.23. The molecule has 0 atom stereocenters. The van der Waals surface area contributed by atoms with Crippen molar-refractivity contribution < 1.29 is 13.6 Å². The van der Waals surface area contributed by atoms with E-state index in [9.17, 15) is 13.6 Å². The highest BCUT2D eigenvalue weighted by molar-refractivity contribution is 9.09. The summed E-state index contributed by atoms with van der Waals surface area (Å²) in [7, 11) is 0. The first-order valence-electron chi connectivity index (χ1n) is 3.61. The zero-order valence-electron chi connectivity index (χ0n) is 6.90. The lowest BCUT2D eigenvalue weighted by Crippen LogP contribution is -2.04. The van der Waals surface area contributed by atoms with Gasteiger partial charge in [0.15, 0.2) is 5.78 Å². The molecule has 13 heavy (non-hydrogen) atoms. The van der Waals surface area contributed by atoms with Crippen LogP contribution in [-0.2, 0) is 0 Å². The second kappa shape index (κ2) is 3.96. The Morgan fingerprint density at radius 2 is 2.00 bits per heavy atom. The average molecular weight is 249 g/mol. The third-order valence-corrected chi connectivity index (χ3v) is 2.18. The van der Waals surface area contributed by atoms with Gasteiger partial charge in [0.05, 0.1) is 10.9 Å². The number of hydrogen-bond acceptors (Lipinski definition) is 1. The summed E-state index contributed by atoms with van der Waals surface area (Å²) >= 11 is 2.89. The van der Waals surface area contributed by atoms with Gasteiger partial charge in [-0.05, 0) is 24.6 Å². The molecule has 70 valence electrons. The Kier molecular flexibility index (Phi) is 3.14. The molecule has 1 rings (SSSR count). The molecule has 0 heterocycles. The Bertz CT molecular complexity index is 350. The molecule has 0 aliphatic heterocycles. The zero-order chi connectivity index (χ0) is 10.0. The number of hydrogen-bond donors (Lipinski definition) is 0. The molecular formula is C9H7BrF2O. The Morgan fingerprint density at radius 1 is 1.38 bits per heavy atom. The molecule has 0 aliphatic rings. The molecule has 0 N–H and O–H groups in total. The maximum absolute atomic E-state index is 13.1. The van der Waals surface area contributed by atoms with E-state index in [1.165, 1.54) is 6.92 Å². The number of benzene rings is 1. The Hall–Kier alpha value is -0.770. The number of carbonyl (C=O) groups excluding carboxylic acids is 1. The van der Waals surface area contributed by atoms with E-state index in [0.29, 0.717) is 0 Å². The van der Waals surface area contributed by atoms with Crippen molar-refractivity contribution in [2.24, 2.45) is 0 Å². The van der Waals surface area contributed by atoms with E-state index >= 15 is 0 Å². The molecule has 0 aliphatic carbocycles. The molecule has 1 aromatic carbocycles. The standard InChI is InChI=1S/C9H7BrF2O/c1-5-2-8(12)6(3-7(5)11)9(13)4-10/h2-3H,4H2,1H3. The minimum Gasteiger partial charge on any atom is -0.293 e. The van der Waals surface area contributed by atoms with E-state index in [1.807, 2.05) is 0 Å². The number of alkyl halides is 1. The van der Waals surface area contributed by atoms with Gasteiger partial charge in [-0.25, -0.2) is 8.78 Å². The topological polar surface area (TPSA) is 17.1 Å². The van der Waals surface area contributed by atoms with Gasteiger partial charge in [0.25, 0.3) is 0 Å². The van der Waals surface area contributed by atoms with E-state index in [1.54, 1.807) is 0 Å². The summed E-state index contributed by atoms with van der Waals surface area (Å²) in [6.07, 6.45) is 0. The average Bonchev–Trinajstić information content (AvgIpc) is 2.10. The van der Waals surface area contributed by atoms with Crippen LogP contribution >= 0.6 is 15.9 Å². The molecule has 0 amide bonds. The maximum atomic E-state index is 13.1. The van der Waals surface area contributed by atoms with Crippen molar-refractivity contribution in [2.75, 3.05) is 5.33 Å². The van der Waals surface area contributed by atoms with Crippen molar-refractivity contribution in [2.45, 2.75) is 6.92 Å². The van der Waals surface area contributed by atoms with Crippen LogP contribution in [0.4, 0.5) is 8.78 Å². The predicted molar refractivity (Wildman–Crippen MR) is 49.2 cm³/mol. The van der Waals surface area contributed by atoms with E-state index in [-0.39, 0.29) is 16.5 Å². The monoisotopic (exact) mass is 248 g/mol. The molecule has 0 spiro atoms. The zero-order valence-corrected chi connectivity index (χ0v) is 8.49. The summed E-state index contributed by atoms with van der Waals surface area (Å²) in [5.41, 5.74) is -0.0106. The first-order valence-corrected chi connectivity index (χ1v) is 4.73. The van der Waals surface area contributed by atoms with Crippen molar-refractivity contribution in [3.63, 3.8) is 0 Å². The molecule has 4 heteroatoms. The van der Waals surface area contributed by atoms with Gasteiger partial charge in [0.2, 0.25) is 0 Å². The van der Waals surface area contributed by atoms with Gasteiger partial charge in [-0.2, -0.15) is 0 Å². The van der Waals surface area contributed by atoms with Gasteiger partial charge >= 0.3 is 0 Å². The van der Waals surface area contributed by atoms with Crippen molar-refractivity contribution >= 4 is 21.7 Å². The lowest BCUT2D eigenvalue weighted by atomic mass is 10.1. The van der Waals surface area contributed by atoms with Gasteiger partial charge < -0.3 is 0 Å². The SMILES string of the molecule is Cc1cc(F)c(C(=O)CBr)cc1F. The van der Waals surface area contributed by atoms with Gasteiger partial charge in [-0.3, -0.25) is 4.79 Å². The molecule has 0 saturated carbocycles. The smallest absolute Gasteiger partial charge is 0.176 e. The highest BCUT2D eigenvalue weighted by Gasteiger charge is 2.12. The van der Waals surface area contributed by atoms with Crippen LogP contribution in [0.15, 0.2) is 12.1 Å². The summed E-state index contributed by atoms with van der Waals surface area (Å²) in [4.78, 5) is 11.0. The summed E-state index contributed by atoms with van der Waals surface area (Å²) < 4.78 is 26.0. The maximum Gasteiger partial charge on any atom is 0.176 e.